The fraction of sp³-hybridized carbons (Fsp3) is 0.316. The third kappa shape index (κ3) is 5.11. The molecule has 2 aromatic rings. The maximum atomic E-state index is 12.1. The molecule has 1 fully saturated rings. The number of carbonyl (C=O) groups excluding carboxylic acids is 1. The quantitative estimate of drug-likeness (QED) is 0.827. The second-order valence-electron chi connectivity index (χ2n) is 5.85. The molecule has 0 saturated carbocycles. The van der Waals surface area contributed by atoms with Crippen LogP contribution in [0.15, 0.2) is 48.5 Å². The molecule has 0 atom stereocenters. The molecule has 5 nitrogen and oxygen atoms in total. The fourth-order valence-corrected chi connectivity index (χ4v) is 2.99. The van der Waals surface area contributed by atoms with Crippen LogP contribution in [0.1, 0.15) is 6.42 Å². The first-order valence-electron chi connectivity index (χ1n) is 8.43. The van der Waals surface area contributed by atoms with Crippen molar-refractivity contribution in [2.45, 2.75) is 6.42 Å². The Hall–Kier alpha value is -2.24. The number of morpholine rings is 1. The average molecular weight is 360 g/mol. The van der Waals surface area contributed by atoms with Crippen LogP contribution in [-0.2, 0) is 9.53 Å². The molecule has 2 N–H and O–H groups in total. The number of nitrogens with zero attached hydrogens (tertiary/aromatic N) is 1. The molecule has 1 amide bonds. The molecular formula is C19H22ClN3O2. The summed E-state index contributed by atoms with van der Waals surface area (Å²) in [6.07, 6.45) is 0.379. The van der Waals surface area contributed by atoms with E-state index >= 15 is 0 Å². The van der Waals surface area contributed by atoms with Crippen LogP contribution in [0.3, 0.4) is 0 Å². The van der Waals surface area contributed by atoms with E-state index in [1.165, 1.54) is 0 Å². The molecule has 0 aromatic heterocycles. The molecule has 1 saturated heterocycles. The van der Waals surface area contributed by atoms with Crippen molar-refractivity contribution < 1.29 is 9.53 Å². The fourth-order valence-electron chi connectivity index (χ4n) is 2.80. The lowest BCUT2D eigenvalue weighted by Crippen LogP contribution is -2.36. The number of benzene rings is 2. The van der Waals surface area contributed by atoms with E-state index in [1.807, 2.05) is 30.3 Å². The van der Waals surface area contributed by atoms with E-state index in [1.54, 1.807) is 12.1 Å². The Bertz CT molecular complexity index is 717. The summed E-state index contributed by atoms with van der Waals surface area (Å²) >= 11 is 5.93. The number of para-hydroxylation sites is 2. The monoisotopic (exact) mass is 359 g/mol. The predicted octanol–water partition coefficient (Wildman–Crippen LogP) is 3.62. The van der Waals surface area contributed by atoms with Crippen LogP contribution >= 0.6 is 11.6 Å². The molecule has 1 aliphatic rings. The summed E-state index contributed by atoms with van der Waals surface area (Å²) in [5.74, 6) is -0.0429. The molecule has 25 heavy (non-hydrogen) atoms. The Labute approximate surface area is 152 Å². The second-order valence-corrected chi connectivity index (χ2v) is 6.29. The number of hydrogen-bond acceptors (Lipinski definition) is 4. The first-order chi connectivity index (χ1) is 12.2. The van der Waals surface area contributed by atoms with E-state index in [4.69, 9.17) is 16.3 Å². The largest absolute Gasteiger partial charge is 0.383 e. The summed E-state index contributed by atoms with van der Waals surface area (Å²) in [5, 5.41) is 6.83. The highest BCUT2D eigenvalue weighted by Crippen LogP contribution is 2.26. The molecule has 1 heterocycles. The minimum atomic E-state index is -0.0429. The number of rotatable bonds is 6. The zero-order valence-electron chi connectivity index (χ0n) is 14.0. The lowest BCUT2D eigenvalue weighted by atomic mass is 10.2. The van der Waals surface area contributed by atoms with Gasteiger partial charge in [0.15, 0.2) is 0 Å². The molecule has 0 unspecified atom stereocenters. The van der Waals surface area contributed by atoms with Gasteiger partial charge in [0.2, 0.25) is 5.91 Å². The van der Waals surface area contributed by atoms with Gasteiger partial charge in [0.1, 0.15) is 0 Å². The minimum Gasteiger partial charge on any atom is -0.383 e. The highest BCUT2D eigenvalue weighted by atomic mass is 35.5. The van der Waals surface area contributed by atoms with Crippen molar-refractivity contribution in [3.05, 3.63) is 53.6 Å². The summed E-state index contributed by atoms with van der Waals surface area (Å²) in [6.45, 7) is 3.82. The number of anilines is 3. The van der Waals surface area contributed by atoms with Crippen LogP contribution < -0.4 is 15.5 Å². The van der Waals surface area contributed by atoms with E-state index in [9.17, 15) is 4.79 Å². The Morgan fingerprint density at radius 3 is 2.72 bits per heavy atom. The molecule has 132 valence electrons. The Balaban J connectivity index is 1.52. The van der Waals surface area contributed by atoms with E-state index in [2.05, 4.69) is 21.6 Å². The molecule has 2 aromatic carbocycles. The van der Waals surface area contributed by atoms with Gasteiger partial charge in [-0.1, -0.05) is 29.8 Å². The van der Waals surface area contributed by atoms with Gasteiger partial charge in [-0.2, -0.15) is 0 Å². The minimum absolute atomic E-state index is 0.0429. The zero-order valence-corrected chi connectivity index (χ0v) is 14.8. The first-order valence-corrected chi connectivity index (χ1v) is 8.81. The van der Waals surface area contributed by atoms with Crippen molar-refractivity contribution in [2.24, 2.45) is 0 Å². The summed E-state index contributed by atoms with van der Waals surface area (Å²) in [7, 11) is 0. The first kappa shape index (κ1) is 17.6. The van der Waals surface area contributed by atoms with Gasteiger partial charge in [-0.15, -0.1) is 0 Å². The second kappa shape index (κ2) is 8.74. The topological polar surface area (TPSA) is 53.6 Å². The van der Waals surface area contributed by atoms with Gasteiger partial charge in [0.25, 0.3) is 0 Å². The third-order valence-corrected chi connectivity index (χ3v) is 4.27. The van der Waals surface area contributed by atoms with E-state index < -0.39 is 0 Å². The maximum absolute atomic E-state index is 12.1. The number of ether oxygens (including phenoxy) is 1. The normalized spacial score (nSPS) is 14.2. The van der Waals surface area contributed by atoms with Crippen molar-refractivity contribution in [1.29, 1.82) is 0 Å². The number of halogens is 1. The third-order valence-electron chi connectivity index (χ3n) is 4.03. The van der Waals surface area contributed by atoms with Crippen molar-refractivity contribution in [2.75, 3.05) is 48.4 Å². The van der Waals surface area contributed by atoms with Gasteiger partial charge in [-0.05, 0) is 30.3 Å². The van der Waals surface area contributed by atoms with Gasteiger partial charge in [0, 0.05) is 36.8 Å². The molecule has 0 spiro atoms. The van der Waals surface area contributed by atoms with E-state index in [0.717, 1.165) is 37.7 Å². The lowest BCUT2D eigenvalue weighted by Gasteiger charge is -2.30. The smallest absolute Gasteiger partial charge is 0.226 e. The highest BCUT2D eigenvalue weighted by Gasteiger charge is 2.14. The SMILES string of the molecule is O=C(CCNc1ccccc1N1CCOCC1)Nc1cccc(Cl)c1. The van der Waals surface area contributed by atoms with Gasteiger partial charge >= 0.3 is 0 Å². The van der Waals surface area contributed by atoms with Crippen molar-refractivity contribution >= 4 is 34.6 Å². The number of nitrogens with one attached hydrogen (secondary N) is 2. The number of amides is 1. The summed E-state index contributed by atoms with van der Waals surface area (Å²) in [4.78, 5) is 14.4. The van der Waals surface area contributed by atoms with Gasteiger partial charge in [-0.3, -0.25) is 4.79 Å². The standard InChI is InChI=1S/C19H22ClN3O2/c20-15-4-3-5-16(14-15)22-19(24)8-9-21-17-6-1-2-7-18(17)23-10-12-25-13-11-23/h1-7,14,21H,8-13H2,(H,22,24). The van der Waals surface area contributed by atoms with Crippen LogP contribution in [0.2, 0.25) is 5.02 Å². The Morgan fingerprint density at radius 1 is 1.12 bits per heavy atom. The molecular weight excluding hydrogens is 338 g/mol. The van der Waals surface area contributed by atoms with Gasteiger partial charge < -0.3 is 20.3 Å². The Kier molecular flexibility index (Phi) is 6.14. The van der Waals surface area contributed by atoms with E-state index in [0.29, 0.717) is 23.7 Å². The van der Waals surface area contributed by atoms with Crippen LogP contribution in [0.25, 0.3) is 0 Å². The average Bonchev–Trinajstić information content (AvgIpc) is 2.63. The lowest BCUT2D eigenvalue weighted by molar-refractivity contribution is -0.115. The van der Waals surface area contributed by atoms with Crippen LogP contribution in [-0.4, -0.2) is 38.8 Å². The molecule has 1 aliphatic heterocycles. The molecule has 6 heteroatoms. The van der Waals surface area contributed by atoms with E-state index in [-0.39, 0.29) is 5.91 Å². The van der Waals surface area contributed by atoms with Crippen molar-refractivity contribution in [1.82, 2.24) is 0 Å². The van der Waals surface area contributed by atoms with Crippen LogP contribution in [0, 0.1) is 0 Å². The predicted molar refractivity (Wildman–Crippen MR) is 103 cm³/mol. The van der Waals surface area contributed by atoms with Crippen molar-refractivity contribution in [3.63, 3.8) is 0 Å². The summed E-state index contributed by atoms with van der Waals surface area (Å²) in [5.41, 5.74) is 2.91. The number of carbonyl (C=O) groups is 1. The van der Waals surface area contributed by atoms with Crippen molar-refractivity contribution in [3.8, 4) is 0 Å². The molecule has 3 rings (SSSR count). The molecule has 0 bridgehead atoms. The summed E-state index contributed by atoms with van der Waals surface area (Å²) in [6, 6.07) is 15.3. The number of hydrogen-bond donors (Lipinski definition) is 2. The highest BCUT2D eigenvalue weighted by molar-refractivity contribution is 6.30. The zero-order chi connectivity index (χ0) is 17.5. The van der Waals surface area contributed by atoms with Crippen LogP contribution in [0.4, 0.5) is 17.1 Å². The van der Waals surface area contributed by atoms with Crippen LogP contribution in [0.5, 0.6) is 0 Å². The molecule has 0 radical (unpaired) electrons. The maximum Gasteiger partial charge on any atom is 0.226 e. The van der Waals surface area contributed by atoms with Gasteiger partial charge in [-0.25, -0.2) is 0 Å². The summed E-state index contributed by atoms with van der Waals surface area (Å²) < 4.78 is 5.41. The Morgan fingerprint density at radius 2 is 1.92 bits per heavy atom. The molecule has 0 aliphatic carbocycles. The van der Waals surface area contributed by atoms with Gasteiger partial charge in [0.05, 0.1) is 24.6 Å².